The quantitative estimate of drug-likeness (QED) is 0.692. The molecule has 4 rings (SSSR count). The molecular weight excluding hydrogens is 350 g/mol. The van der Waals surface area contributed by atoms with Crippen molar-refractivity contribution >= 4 is 28.2 Å². The molecule has 26 heavy (non-hydrogen) atoms. The molecule has 0 spiro atoms. The SMILES string of the molecule is Cc1csc(N2CCN(C(=O)Cc3nc4nc(C)cc(C)n4n3)CC2)n1. The predicted molar refractivity (Wildman–Crippen MR) is 99.6 cm³/mol. The fourth-order valence-corrected chi connectivity index (χ4v) is 4.02. The number of thiazole rings is 1. The first-order valence-corrected chi connectivity index (χ1v) is 9.52. The summed E-state index contributed by atoms with van der Waals surface area (Å²) in [6.07, 6.45) is 0.207. The molecule has 0 saturated carbocycles. The zero-order valence-corrected chi connectivity index (χ0v) is 16.0. The molecule has 1 aliphatic rings. The number of carbonyl (C=O) groups excluding carboxylic acids is 1. The number of amides is 1. The van der Waals surface area contributed by atoms with Crippen molar-refractivity contribution in [1.82, 2.24) is 29.5 Å². The van der Waals surface area contributed by atoms with E-state index >= 15 is 0 Å². The Morgan fingerprint density at radius 2 is 1.85 bits per heavy atom. The van der Waals surface area contributed by atoms with Crippen molar-refractivity contribution < 1.29 is 4.79 Å². The van der Waals surface area contributed by atoms with Gasteiger partial charge in [-0.15, -0.1) is 16.4 Å². The van der Waals surface area contributed by atoms with Crippen molar-refractivity contribution in [2.45, 2.75) is 27.2 Å². The second kappa shape index (κ2) is 6.64. The third-order valence-corrected chi connectivity index (χ3v) is 5.50. The van der Waals surface area contributed by atoms with Crippen LogP contribution in [-0.4, -0.2) is 61.6 Å². The lowest BCUT2D eigenvalue weighted by Crippen LogP contribution is -2.49. The largest absolute Gasteiger partial charge is 0.345 e. The molecule has 0 atom stereocenters. The van der Waals surface area contributed by atoms with Crippen LogP contribution in [0.2, 0.25) is 0 Å². The third kappa shape index (κ3) is 3.26. The molecule has 1 fully saturated rings. The summed E-state index contributed by atoms with van der Waals surface area (Å²) in [5, 5.41) is 7.52. The lowest BCUT2D eigenvalue weighted by Gasteiger charge is -2.34. The Hall–Kier alpha value is -2.55. The third-order valence-electron chi connectivity index (χ3n) is 4.48. The minimum absolute atomic E-state index is 0.0604. The van der Waals surface area contributed by atoms with Gasteiger partial charge in [-0.05, 0) is 26.8 Å². The van der Waals surface area contributed by atoms with Crippen LogP contribution in [0.25, 0.3) is 5.78 Å². The fourth-order valence-electron chi connectivity index (χ4n) is 3.16. The highest BCUT2D eigenvalue weighted by Gasteiger charge is 2.24. The molecule has 9 heteroatoms. The van der Waals surface area contributed by atoms with Gasteiger partial charge in [0.2, 0.25) is 5.91 Å². The van der Waals surface area contributed by atoms with E-state index in [4.69, 9.17) is 0 Å². The number of hydrogen-bond acceptors (Lipinski definition) is 7. The Morgan fingerprint density at radius 3 is 2.54 bits per heavy atom. The summed E-state index contributed by atoms with van der Waals surface area (Å²) in [4.78, 5) is 30.1. The van der Waals surface area contributed by atoms with Gasteiger partial charge in [0, 0.05) is 42.9 Å². The van der Waals surface area contributed by atoms with Crippen molar-refractivity contribution in [3.8, 4) is 0 Å². The molecular formula is C17H21N7OS. The average Bonchev–Trinajstić information content (AvgIpc) is 3.21. The van der Waals surface area contributed by atoms with Gasteiger partial charge in [-0.3, -0.25) is 4.79 Å². The van der Waals surface area contributed by atoms with Gasteiger partial charge in [-0.1, -0.05) is 0 Å². The van der Waals surface area contributed by atoms with Crippen LogP contribution in [0.5, 0.6) is 0 Å². The number of rotatable bonds is 3. The number of aromatic nitrogens is 5. The molecule has 3 aromatic heterocycles. The molecule has 4 heterocycles. The van der Waals surface area contributed by atoms with Crippen LogP contribution in [0, 0.1) is 20.8 Å². The van der Waals surface area contributed by atoms with E-state index in [1.807, 2.05) is 31.7 Å². The van der Waals surface area contributed by atoms with Crippen LogP contribution in [0.4, 0.5) is 5.13 Å². The highest BCUT2D eigenvalue weighted by molar-refractivity contribution is 7.13. The number of aryl methyl sites for hydroxylation is 3. The van der Waals surface area contributed by atoms with Crippen molar-refractivity contribution in [2.75, 3.05) is 31.1 Å². The van der Waals surface area contributed by atoms with Crippen LogP contribution >= 0.6 is 11.3 Å². The van der Waals surface area contributed by atoms with E-state index in [-0.39, 0.29) is 12.3 Å². The van der Waals surface area contributed by atoms with Crippen molar-refractivity contribution in [2.24, 2.45) is 0 Å². The number of carbonyl (C=O) groups is 1. The normalized spacial score (nSPS) is 15.0. The van der Waals surface area contributed by atoms with Gasteiger partial charge < -0.3 is 9.80 Å². The molecule has 0 aromatic carbocycles. The summed E-state index contributed by atoms with van der Waals surface area (Å²) in [6, 6.07) is 1.95. The van der Waals surface area contributed by atoms with Crippen LogP contribution in [-0.2, 0) is 11.2 Å². The average molecular weight is 371 g/mol. The van der Waals surface area contributed by atoms with Gasteiger partial charge in [0.25, 0.3) is 5.78 Å². The number of piperazine rings is 1. The van der Waals surface area contributed by atoms with Crippen molar-refractivity contribution in [1.29, 1.82) is 0 Å². The maximum atomic E-state index is 12.6. The predicted octanol–water partition coefficient (Wildman–Crippen LogP) is 1.40. The van der Waals surface area contributed by atoms with Gasteiger partial charge >= 0.3 is 0 Å². The first-order chi connectivity index (χ1) is 12.5. The number of hydrogen-bond donors (Lipinski definition) is 0. The van der Waals surface area contributed by atoms with Crippen LogP contribution < -0.4 is 4.90 Å². The summed E-state index contributed by atoms with van der Waals surface area (Å²) in [7, 11) is 0. The summed E-state index contributed by atoms with van der Waals surface area (Å²) >= 11 is 1.65. The molecule has 1 amide bonds. The van der Waals surface area contributed by atoms with Crippen LogP contribution in [0.1, 0.15) is 22.9 Å². The van der Waals surface area contributed by atoms with Crippen LogP contribution in [0.15, 0.2) is 11.4 Å². The smallest absolute Gasteiger partial charge is 0.252 e. The molecule has 0 radical (unpaired) electrons. The van der Waals surface area contributed by atoms with Gasteiger partial charge in [0.05, 0.1) is 12.1 Å². The van der Waals surface area contributed by atoms with Crippen molar-refractivity contribution in [3.63, 3.8) is 0 Å². The number of fused-ring (bicyclic) bond motifs is 1. The van der Waals surface area contributed by atoms with Gasteiger partial charge in [0.1, 0.15) is 0 Å². The van der Waals surface area contributed by atoms with Gasteiger partial charge in [-0.2, -0.15) is 4.98 Å². The van der Waals surface area contributed by atoms with E-state index in [0.717, 1.165) is 35.3 Å². The topological polar surface area (TPSA) is 79.5 Å². The molecule has 1 saturated heterocycles. The zero-order valence-electron chi connectivity index (χ0n) is 15.1. The summed E-state index contributed by atoms with van der Waals surface area (Å²) in [5.41, 5.74) is 2.90. The second-order valence-electron chi connectivity index (χ2n) is 6.59. The lowest BCUT2D eigenvalue weighted by atomic mass is 10.3. The van der Waals surface area contributed by atoms with Crippen LogP contribution in [0.3, 0.4) is 0 Å². The second-order valence-corrected chi connectivity index (χ2v) is 7.43. The standard InChI is InChI=1S/C17H21N7OS/c1-11-8-13(3)24-16(18-11)20-14(21-24)9-15(25)22-4-6-23(7-5-22)17-19-12(2)10-26-17/h8,10H,4-7,9H2,1-3H3. The highest BCUT2D eigenvalue weighted by Crippen LogP contribution is 2.21. The minimum Gasteiger partial charge on any atom is -0.345 e. The van der Waals surface area contributed by atoms with E-state index in [0.29, 0.717) is 24.7 Å². The van der Waals surface area contributed by atoms with Gasteiger partial charge in [-0.25, -0.2) is 14.5 Å². The molecule has 0 N–H and O–H groups in total. The van der Waals surface area contributed by atoms with Crippen molar-refractivity contribution in [3.05, 3.63) is 34.4 Å². The molecule has 1 aliphatic heterocycles. The van der Waals surface area contributed by atoms with E-state index in [1.54, 1.807) is 15.9 Å². The van der Waals surface area contributed by atoms with Gasteiger partial charge in [0.15, 0.2) is 11.0 Å². The molecule has 0 unspecified atom stereocenters. The Labute approximate surface area is 155 Å². The molecule has 136 valence electrons. The molecule has 8 nitrogen and oxygen atoms in total. The molecule has 0 aliphatic carbocycles. The first-order valence-electron chi connectivity index (χ1n) is 8.64. The maximum absolute atomic E-state index is 12.6. The molecule has 0 bridgehead atoms. The van der Waals surface area contributed by atoms with E-state index < -0.39 is 0 Å². The maximum Gasteiger partial charge on any atom is 0.252 e. The number of nitrogens with zero attached hydrogens (tertiary/aromatic N) is 7. The monoisotopic (exact) mass is 371 g/mol. The Bertz CT molecular complexity index is 955. The Balaban J connectivity index is 1.40. The first kappa shape index (κ1) is 16.9. The molecule has 3 aromatic rings. The summed E-state index contributed by atoms with van der Waals surface area (Å²) < 4.78 is 1.69. The number of anilines is 1. The minimum atomic E-state index is 0.0604. The van der Waals surface area contributed by atoms with E-state index in [2.05, 4.69) is 30.3 Å². The fraction of sp³-hybridized carbons (Fsp3) is 0.471. The summed E-state index contributed by atoms with van der Waals surface area (Å²) in [6.45, 7) is 8.88. The van der Waals surface area contributed by atoms with E-state index in [9.17, 15) is 4.79 Å². The van der Waals surface area contributed by atoms with E-state index in [1.165, 1.54) is 0 Å². The Morgan fingerprint density at radius 1 is 1.08 bits per heavy atom. The summed E-state index contributed by atoms with van der Waals surface area (Å²) in [5.74, 6) is 1.13. The zero-order chi connectivity index (χ0) is 18.3. The highest BCUT2D eigenvalue weighted by atomic mass is 32.1. The lowest BCUT2D eigenvalue weighted by molar-refractivity contribution is -0.130. The Kier molecular flexibility index (Phi) is 4.31.